The van der Waals surface area contributed by atoms with Crippen LogP contribution in [0.2, 0.25) is 0 Å². The lowest BCUT2D eigenvalue weighted by Gasteiger charge is -2.19. The van der Waals surface area contributed by atoms with Crippen LogP contribution in [-0.4, -0.2) is 26.0 Å². The van der Waals surface area contributed by atoms with Crippen LogP contribution in [0.3, 0.4) is 0 Å². The van der Waals surface area contributed by atoms with Crippen molar-refractivity contribution in [1.82, 2.24) is 10.9 Å². The van der Waals surface area contributed by atoms with Crippen LogP contribution >= 0.6 is 11.3 Å². The Hall–Kier alpha value is -2.19. The van der Waals surface area contributed by atoms with Crippen molar-refractivity contribution in [3.63, 3.8) is 0 Å². The lowest BCUT2D eigenvalue weighted by Crippen LogP contribution is -2.41. The Bertz CT molecular complexity index is 952. The van der Waals surface area contributed by atoms with Crippen LogP contribution in [-0.2, 0) is 27.5 Å². The maximum atomic E-state index is 12.3. The molecule has 3 rings (SSSR count). The molecule has 28 heavy (non-hydrogen) atoms. The van der Waals surface area contributed by atoms with Gasteiger partial charge in [-0.3, -0.25) is 20.4 Å². The number of nitrogens with one attached hydrogen (secondary N) is 2. The highest BCUT2D eigenvalue weighted by Gasteiger charge is 2.22. The predicted molar refractivity (Wildman–Crippen MR) is 109 cm³/mol. The van der Waals surface area contributed by atoms with E-state index in [1.54, 1.807) is 18.2 Å². The van der Waals surface area contributed by atoms with Crippen LogP contribution in [0.25, 0.3) is 0 Å². The van der Waals surface area contributed by atoms with E-state index >= 15 is 0 Å². The molecule has 1 aliphatic rings. The summed E-state index contributed by atoms with van der Waals surface area (Å²) in [4.78, 5) is 26.2. The number of amides is 2. The molecule has 1 heterocycles. The summed E-state index contributed by atoms with van der Waals surface area (Å²) in [5, 5.41) is 0. The van der Waals surface area contributed by atoms with E-state index in [4.69, 9.17) is 0 Å². The fourth-order valence-corrected chi connectivity index (χ4v) is 5.65. The van der Waals surface area contributed by atoms with Crippen LogP contribution in [0.1, 0.15) is 46.3 Å². The molecule has 1 aromatic carbocycles. The number of aryl methyl sites for hydroxylation is 1. The van der Waals surface area contributed by atoms with Crippen molar-refractivity contribution in [1.29, 1.82) is 0 Å². The van der Waals surface area contributed by atoms with Gasteiger partial charge in [-0.15, -0.1) is 11.3 Å². The summed E-state index contributed by atoms with van der Waals surface area (Å²) in [5.41, 5.74) is 5.93. The van der Waals surface area contributed by atoms with Gasteiger partial charge in [0.1, 0.15) is 0 Å². The summed E-state index contributed by atoms with van der Waals surface area (Å²) in [7, 11) is -3.53. The molecule has 0 spiro atoms. The van der Waals surface area contributed by atoms with E-state index in [2.05, 4.69) is 17.8 Å². The van der Waals surface area contributed by atoms with Gasteiger partial charge in [-0.05, 0) is 48.9 Å². The monoisotopic (exact) mass is 420 g/mol. The maximum Gasteiger partial charge on any atom is 0.279 e. The van der Waals surface area contributed by atoms with Crippen molar-refractivity contribution in [2.24, 2.45) is 5.92 Å². The Balaban J connectivity index is 1.50. The largest absolute Gasteiger partial charge is 0.279 e. The van der Waals surface area contributed by atoms with Gasteiger partial charge in [0.05, 0.1) is 15.5 Å². The SMILES string of the molecule is CC[C@H]1CCc2sc(C(=O)NNC(=O)CCS(=O)(=O)c3ccccc3)cc2C1. The van der Waals surface area contributed by atoms with Crippen LogP contribution in [0, 0.1) is 5.92 Å². The third-order valence-electron chi connectivity index (χ3n) is 5.00. The van der Waals surface area contributed by atoms with Crippen molar-refractivity contribution in [2.45, 2.75) is 43.9 Å². The third kappa shape index (κ3) is 4.99. The van der Waals surface area contributed by atoms with Crippen molar-refractivity contribution in [3.05, 3.63) is 51.7 Å². The maximum absolute atomic E-state index is 12.3. The lowest BCUT2D eigenvalue weighted by atomic mass is 9.87. The quantitative estimate of drug-likeness (QED) is 0.703. The molecule has 1 aromatic heterocycles. The second-order valence-electron chi connectivity index (χ2n) is 6.96. The number of hydrogen-bond acceptors (Lipinski definition) is 5. The minimum atomic E-state index is -3.53. The smallest absolute Gasteiger partial charge is 0.273 e. The van der Waals surface area contributed by atoms with E-state index in [-0.39, 0.29) is 23.0 Å². The normalized spacial score (nSPS) is 16.2. The summed E-state index contributed by atoms with van der Waals surface area (Å²) in [6.45, 7) is 2.18. The average Bonchev–Trinajstić information content (AvgIpc) is 3.14. The highest BCUT2D eigenvalue weighted by atomic mass is 32.2. The van der Waals surface area contributed by atoms with Gasteiger partial charge in [0.15, 0.2) is 9.84 Å². The zero-order chi connectivity index (χ0) is 20.1. The van der Waals surface area contributed by atoms with E-state index in [1.807, 2.05) is 6.07 Å². The Morgan fingerprint density at radius 1 is 1.18 bits per heavy atom. The van der Waals surface area contributed by atoms with Crippen molar-refractivity contribution < 1.29 is 18.0 Å². The van der Waals surface area contributed by atoms with Crippen LogP contribution in [0.15, 0.2) is 41.3 Å². The summed E-state index contributed by atoms with van der Waals surface area (Å²) in [6, 6.07) is 9.90. The average molecular weight is 421 g/mol. The lowest BCUT2D eigenvalue weighted by molar-refractivity contribution is -0.121. The van der Waals surface area contributed by atoms with Crippen molar-refractivity contribution in [2.75, 3.05) is 5.75 Å². The van der Waals surface area contributed by atoms with Gasteiger partial charge < -0.3 is 0 Å². The number of carbonyl (C=O) groups excluding carboxylic acids is 2. The number of thiophene rings is 1. The molecule has 0 saturated heterocycles. The molecule has 2 N–H and O–H groups in total. The number of carbonyl (C=O) groups is 2. The molecule has 0 saturated carbocycles. The van der Waals surface area contributed by atoms with Gasteiger partial charge in [0.25, 0.3) is 5.91 Å². The van der Waals surface area contributed by atoms with Gasteiger partial charge >= 0.3 is 0 Å². The van der Waals surface area contributed by atoms with E-state index < -0.39 is 15.7 Å². The number of hydrogen-bond donors (Lipinski definition) is 2. The zero-order valence-electron chi connectivity index (χ0n) is 15.7. The fraction of sp³-hybridized carbons (Fsp3) is 0.400. The van der Waals surface area contributed by atoms with Gasteiger partial charge in [-0.25, -0.2) is 8.42 Å². The Morgan fingerprint density at radius 2 is 1.93 bits per heavy atom. The first kappa shape index (κ1) is 20.5. The Morgan fingerprint density at radius 3 is 2.64 bits per heavy atom. The minimum Gasteiger partial charge on any atom is -0.273 e. The van der Waals surface area contributed by atoms with E-state index in [0.29, 0.717) is 10.8 Å². The molecule has 0 radical (unpaired) electrons. The summed E-state index contributed by atoms with van der Waals surface area (Å²) >= 11 is 1.46. The minimum absolute atomic E-state index is 0.182. The van der Waals surface area contributed by atoms with Crippen molar-refractivity contribution >= 4 is 33.0 Å². The molecule has 2 aromatic rings. The van der Waals surface area contributed by atoms with E-state index in [9.17, 15) is 18.0 Å². The fourth-order valence-electron chi connectivity index (χ4n) is 3.28. The van der Waals surface area contributed by atoms with Crippen molar-refractivity contribution in [3.8, 4) is 0 Å². The highest BCUT2D eigenvalue weighted by molar-refractivity contribution is 7.91. The van der Waals surface area contributed by atoms with E-state index in [1.165, 1.54) is 33.9 Å². The van der Waals surface area contributed by atoms with E-state index in [0.717, 1.165) is 25.7 Å². The molecular weight excluding hydrogens is 396 g/mol. The number of sulfone groups is 1. The number of benzene rings is 1. The van der Waals surface area contributed by atoms with Crippen LogP contribution < -0.4 is 10.9 Å². The number of hydrazine groups is 1. The Kier molecular flexibility index (Phi) is 6.51. The van der Waals surface area contributed by atoms with Gasteiger partial charge in [-0.2, -0.15) is 0 Å². The molecule has 0 fully saturated rings. The molecule has 0 aliphatic heterocycles. The second-order valence-corrected chi connectivity index (χ2v) is 10.2. The van der Waals surface area contributed by atoms with Crippen LogP contribution in [0.4, 0.5) is 0 Å². The first-order valence-corrected chi connectivity index (χ1v) is 11.8. The van der Waals surface area contributed by atoms with Gasteiger partial charge in [0, 0.05) is 11.3 Å². The topological polar surface area (TPSA) is 92.3 Å². The first-order valence-electron chi connectivity index (χ1n) is 9.37. The molecule has 1 aliphatic carbocycles. The zero-order valence-corrected chi connectivity index (χ0v) is 17.4. The predicted octanol–water partition coefficient (Wildman–Crippen LogP) is 2.89. The molecule has 0 bridgehead atoms. The molecule has 6 nitrogen and oxygen atoms in total. The second kappa shape index (κ2) is 8.87. The molecule has 1 atom stereocenters. The van der Waals surface area contributed by atoms with Gasteiger partial charge in [-0.1, -0.05) is 31.5 Å². The summed E-state index contributed by atoms with van der Waals surface area (Å²) in [5.74, 6) is -0.555. The Labute approximate surface area is 169 Å². The summed E-state index contributed by atoms with van der Waals surface area (Å²) < 4.78 is 24.4. The molecular formula is C20H24N2O4S2. The highest BCUT2D eigenvalue weighted by Crippen LogP contribution is 2.33. The molecule has 0 unspecified atom stereocenters. The van der Waals surface area contributed by atoms with Crippen LogP contribution in [0.5, 0.6) is 0 Å². The number of fused-ring (bicyclic) bond motifs is 1. The first-order chi connectivity index (χ1) is 13.4. The summed E-state index contributed by atoms with van der Waals surface area (Å²) in [6.07, 6.45) is 4.06. The standard InChI is InChI=1S/C20H24N2O4S2/c1-2-14-8-9-17-15(12-14)13-18(27-17)20(24)22-21-19(23)10-11-28(25,26)16-6-4-3-5-7-16/h3-7,13-14H,2,8-12H2,1H3,(H,21,23)(H,22,24)/t14-/m0/s1. The molecule has 8 heteroatoms. The van der Waals surface area contributed by atoms with Gasteiger partial charge in [0.2, 0.25) is 5.91 Å². The molecule has 2 amide bonds. The number of rotatable bonds is 6. The molecule has 150 valence electrons. The third-order valence-corrected chi connectivity index (χ3v) is 7.97.